The Morgan fingerprint density at radius 1 is 0.500 bits per heavy atom. The largest absolute Gasteiger partial charge is 0.394 e. The van der Waals surface area contributed by atoms with Gasteiger partial charge in [-0.2, -0.15) is 0 Å². The van der Waals surface area contributed by atoms with E-state index in [2.05, 4.69) is 0 Å². The maximum Gasteiger partial charge on any atom is 0.186 e. The van der Waals surface area contributed by atoms with Crippen LogP contribution in [0.1, 0.15) is 6.92 Å². The van der Waals surface area contributed by atoms with Gasteiger partial charge in [0.25, 0.3) is 0 Å². The first-order chi connectivity index (χ1) is 16.0. The molecule has 0 saturated carbocycles. The first-order valence-corrected chi connectivity index (χ1v) is 10.9. The lowest BCUT2D eigenvalue weighted by Crippen LogP contribution is -2.62. The molecule has 3 aliphatic rings. The third-order valence-corrected chi connectivity index (χ3v) is 6.32. The molecular formula is C19H34O15. The summed E-state index contributed by atoms with van der Waals surface area (Å²) >= 11 is 0. The zero-order valence-corrected chi connectivity index (χ0v) is 18.3. The van der Waals surface area contributed by atoms with Crippen LogP contribution in [0, 0.1) is 0 Å². The molecule has 34 heavy (non-hydrogen) atoms. The Labute approximate surface area is 194 Å². The van der Waals surface area contributed by atoms with E-state index >= 15 is 0 Å². The quantitative estimate of drug-likeness (QED) is 0.155. The topological polar surface area (TPSA) is 248 Å². The second-order valence-electron chi connectivity index (χ2n) is 8.73. The average molecular weight is 502 g/mol. The molecule has 0 bridgehead atoms. The van der Waals surface area contributed by atoms with E-state index < -0.39 is 112 Å². The van der Waals surface area contributed by atoms with Crippen molar-refractivity contribution in [1.29, 1.82) is 0 Å². The van der Waals surface area contributed by atoms with Gasteiger partial charge in [-0.15, -0.1) is 0 Å². The smallest absolute Gasteiger partial charge is 0.186 e. The molecule has 0 aromatic rings. The molecule has 15 atom stereocenters. The SMILES string of the molecule is C[C@@H]1OC(CO[C@@H]2OC(CO[C@@H]3O[C@H](CO)[C@@H](O)[C@H](O)[C@H]3O)[C@@H](O)[C@H](O)[C@H]2O)[C@@H](O)[C@H](O)[C@H]1O. The van der Waals surface area contributed by atoms with Crippen molar-refractivity contribution in [3.8, 4) is 0 Å². The van der Waals surface area contributed by atoms with Crippen LogP contribution in [0.5, 0.6) is 0 Å². The summed E-state index contributed by atoms with van der Waals surface area (Å²) in [5.74, 6) is 0. The second kappa shape index (κ2) is 11.6. The van der Waals surface area contributed by atoms with E-state index in [1.54, 1.807) is 0 Å². The minimum Gasteiger partial charge on any atom is -0.394 e. The number of rotatable bonds is 7. The van der Waals surface area contributed by atoms with E-state index in [9.17, 15) is 51.1 Å². The molecule has 3 rings (SSSR count). The zero-order valence-electron chi connectivity index (χ0n) is 18.3. The fraction of sp³-hybridized carbons (Fsp3) is 1.00. The molecule has 15 heteroatoms. The lowest BCUT2D eigenvalue weighted by atomic mass is 9.96. The fourth-order valence-corrected chi connectivity index (χ4v) is 4.05. The van der Waals surface area contributed by atoms with Gasteiger partial charge >= 0.3 is 0 Å². The third-order valence-electron chi connectivity index (χ3n) is 6.32. The summed E-state index contributed by atoms with van der Waals surface area (Å²) in [6.07, 6.45) is -21.9. The normalized spacial score (nSPS) is 52.5. The number of hydrogen-bond donors (Lipinski definition) is 10. The van der Waals surface area contributed by atoms with E-state index in [1.165, 1.54) is 6.92 Å². The number of ether oxygens (including phenoxy) is 5. The van der Waals surface area contributed by atoms with E-state index in [0.29, 0.717) is 0 Å². The van der Waals surface area contributed by atoms with Crippen LogP contribution in [0.15, 0.2) is 0 Å². The molecule has 0 spiro atoms. The van der Waals surface area contributed by atoms with E-state index in [-0.39, 0.29) is 0 Å². The standard InChI is InChI=1S/C19H34O15/c1-5-9(21)13(25)11(23)7(32-5)3-30-19-17(29)15(27)12(24)8(34-19)4-31-18-16(28)14(26)10(22)6(2-20)33-18/h5-29H,2-4H2,1H3/t5-,6+,7?,8?,9-,10+,11+,12+,13+,14-,15-,16+,17+,18+,19+/m0/s1. The fourth-order valence-electron chi connectivity index (χ4n) is 4.05. The summed E-state index contributed by atoms with van der Waals surface area (Å²) in [6.45, 7) is -0.142. The van der Waals surface area contributed by atoms with Gasteiger partial charge in [0.1, 0.15) is 73.2 Å². The highest BCUT2D eigenvalue weighted by Crippen LogP contribution is 2.27. The van der Waals surface area contributed by atoms with Gasteiger partial charge in [-0.05, 0) is 6.92 Å². The maximum atomic E-state index is 10.2. The Morgan fingerprint density at radius 2 is 0.882 bits per heavy atom. The molecule has 2 unspecified atom stereocenters. The van der Waals surface area contributed by atoms with Crippen molar-refractivity contribution in [3.05, 3.63) is 0 Å². The predicted molar refractivity (Wildman–Crippen MR) is 105 cm³/mol. The third kappa shape index (κ3) is 5.69. The summed E-state index contributed by atoms with van der Waals surface area (Å²) in [4.78, 5) is 0. The minimum atomic E-state index is -1.74. The molecule has 200 valence electrons. The van der Waals surface area contributed by atoms with Gasteiger partial charge in [-0.1, -0.05) is 0 Å². The molecule has 0 radical (unpaired) electrons. The van der Waals surface area contributed by atoms with Crippen molar-refractivity contribution < 1.29 is 74.7 Å². The van der Waals surface area contributed by atoms with E-state index in [1.807, 2.05) is 0 Å². The van der Waals surface area contributed by atoms with Gasteiger partial charge in [0, 0.05) is 0 Å². The molecule has 3 aliphatic heterocycles. The van der Waals surface area contributed by atoms with E-state index in [4.69, 9.17) is 23.7 Å². The molecule has 3 heterocycles. The summed E-state index contributed by atoms with van der Waals surface area (Å²) in [5, 5.41) is 99.3. The zero-order chi connectivity index (χ0) is 25.3. The predicted octanol–water partition coefficient (Wildman–Crippen LogP) is -6.50. The Kier molecular flexibility index (Phi) is 9.57. The lowest BCUT2D eigenvalue weighted by Gasteiger charge is -2.43. The molecule has 0 amide bonds. The Hall–Kier alpha value is -0.600. The highest BCUT2D eigenvalue weighted by molar-refractivity contribution is 4.93. The van der Waals surface area contributed by atoms with Crippen LogP contribution in [0.3, 0.4) is 0 Å². The van der Waals surface area contributed by atoms with Crippen LogP contribution in [0.4, 0.5) is 0 Å². The van der Waals surface area contributed by atoms with Crippen LogP contribution < -0.4 is 0 Å². The summed E-state index contributed by atoms with van der Waals surface area (Å²) in [6, 6.07) is 0. The van der Waals surface area contributed by atoms with Crippen molar-refractivity contribution >= 4 is 0 Å². The summed E-state index contributed by atoms with van der Waals surface area (Å²) < 4.78 is 26.8. The Morgan fingerprint density at radius 3 is 1.35 bits per heavy atom. The Bertz CT molecular complexity index is 639. The molecule has 3 saturated heterocycles. The molecule has 0 aromatic heterocycles. The summed E-state index contributed by atoms with van der Waals surface area (Å²) in [7, 11) is 0. The van der Waals surface area contributed by atoms with Crippen molar-refractivity contribution in [2.24, 2.45) is 0 Å². The maximum absolute atomic E-state index is 10.2. The van der Waals surface area contributed by atoms with Gasteiger partial charge in [-0.25, -0.2) is 0 Å². The molecule has 10 N–H and O–H groups in total. The van der Waals surface area contributed by atoms with Crippen LogP contribution in [-0.4, -0.2) is 163 Å². The van der Waals surface area contributed by atoms with Crippen molar-refractivity contribution in [2.75, 3.05) is 19.8 Å². The average Bonchev–Trinajstić information content (AvgIpc) is 2.82. The Balaban J connectivity index is 1.58. The molecule has 0 aromatic carbocycles. The van der Waals surface area contributed by atoms with Crippen LogP contribution in [0.2, 0.25) is 0 Å². The van der Waals surface area contributed by atoms with Gasteiger partial charge in [0.15, 0.2) is 12.6 Å². The van der Waals surface area contributed by atoms with Gasteiger partial charge in [0.2, 0.25) is 0 Å². The molecule has 0 aliphatic carbocycles. The van der Waals surface area contributed by atoms with Gasteiger partial charge < -0.3 is 74.7 Å². The van der Waals surface area contributed by atoms with Crippen LogP contribution >= 0.6 is 0 Å². The second-order valence-corrected chi connectivity index (χ2v) is 8.73. The van der Waals surface area contributed by atoms with Gasteiger partial charge in [-0.3, -0.25) is 0 Å². The minimum absolute atomic E-state index is 0.417. The number of aliphatic hydroxyl groups excluding tert-OH is 10. The van der Waals surface area contributed by atoms with Crippen LogP contribution in [-0.2, 0) is 23.7 Å². The summed E-state index contributed by atoms with van der Waals surface area (Å²) in [5.41, 5.74) is 0. The highest BCUT2D eigenvalue weighted by Gasteiger charge is 2.48. The van der Waals surface area contributed by atoms with Crippen molar-refractivity contribution in [2.45, 2.75) is 98.9 Å². The van der Waals surface area contributed by atoms with Crippen molar-refractivity contribution in [1.82, 2.24) is 0 Å². The lowest BCUT2D eigenvalue weighted by molar-refractivity contribution is -0.335. The first kappa shape index (κ1) is 28.0. The number of hydrogen-bond acceptors (Lipinski definition) is 15. The van der Waals surface area contributed by atoms with E-state index in [0.717, 1.165) is 0 Å². The molecule has 15 nitrogen and oxygen atoms in total. The molecule has 3 fully saturated rings. The number of aliphatic hydroxyl groups is 10. The monoisotopic (exact) mass is 502 g/mol. The molecular weight excluding hydrogens is 468 g/mol. The van der Waals surface area contributed by atoms with Gasteiger partial charge in [0.05, 0.1) is 25.9 Å². The van der Waals surface area contributed by atoms with Crippen molar-refractivity contribution in [3.63, 3.8) is 0 Å². The first-order valence-electron chi connectivity index (χ1n) is 10.9. The van der Waals surface area contributed by atoms with Crippen LogP contribution in [0.25, 0.3) is 0 Å². The highest BCUT2D eigenvalue weighted by atomic mass is 16.7.